The molecule has 6 heteroatoms. The van der Waals surface area contributed by atoms with Crippen LogP contribution in [-0.4, -0.2) is 39.5 Å². The molecule has 0 spiro atoms. The first-order valence-corrected chi connectivity index (χ1v) is 8.19. The van der Waals surface area contributed by atoms with Gasteiger partial charge in [0, 0.05) is 0 Å². The fourth-order valence-corrected chi connectivity index (χ4v) is 2.85. The quantitative estimate of drug-likeness (QED) is 0.737. The highest BCUT2D eigenvalue weighted by Crippen LogP contribution is 2.33. The van der Waals surface area contributed by atoms with Gasteiger partial charge in [0.2, 0.25) is 0 Å². The Bertz CT molecular complexity index is 756. The third-order valence-electron chi connectivity index (χ3n) is 4.28. The van der Waals surface area contributed by atoms with Gasteiger partial charge < -0.3 is 24.1 Å². The molecule has 0 saturated carbocycles. The summed E-state index contributed by atoms with van der Waals surface area (Å²) in [6.07, 6.45) is 1.03. The van der Waals surface area contributed by atoms with Crippen LogP contribution >= 0.6 is 0 Å². The van der Waals surface area contributed by atoms with Crippen LogP contribution in [0.4, 0.5) is 0 Å². The van der Waals surface area contributed by atoms with Crippen molar-refractivity contribution in [1.29, 1.82) is 0 Å². The highest BCUT2D eigenvalue weighted by atomic mass is 16.5. The molecule has 0 aromatic heterocycles. The topological polar surface area (TPSA) is 74.2 Å². The highest BCUT2D eigenvalue weighted by Gasteiger charge is 2.21. The van der Waals surface area contributed by atoms with Crippen LogP contribution in [0.3, 0.4) is 0 Å². The minimum atomic E-state index is -0.877. The molecule has 0 unspecified atom stereocenters. The van der Waals surface area contributed by atoms with Crippen LogP contribution in [0.2, 0.25) is 0 Å². The molecule has 2 rings (SSSR count). The summed E-state index contributed by atoms with van der Waals surface area (Å²) in [6.45, 7) is 0. The molecule has 0 aliphatic carbocycles. The highest BCUT2D eigenvalue weighted by molar-refractivity contribution is 5.76. The molecule has 0 fully saturated rings. The van der Waals surface area contributed by atoms with Crippen molar-refractivity contribution in [3.8, 4) is 23.0 Å². The number of carbonyl (C=O) groups is 1. The number of aryl methyl sites for hydroxylation is 1. The molecule has 0 aliphatic rings. The molecular weight excluding hydrogens is 336 g/mol. The number of hydrogen-bond acceptors (Lipinski definition) is 5. The van der Waals surface area contributed by atoms with Crippen LogP contribution < -0.4 is 18.9 Å². The standard InChI is InChI=1S/C20H24O6/c1-23-16-9-6-13(11-18(16)25-3)5-8-15(20(21)22)14-7-10-17(24-2)19(12-14)26-4/h6-7,9-12,15H,5,8H2,1-4H3,(H,21,22)/t15-/m0/s1. The Morgan fingerprint density at radius 3 is 1.92 bits per heavy atom. The molecule has 6 nitrogen and oxygen atoms in total. The Morgan fingerprint density at radius 2 is 1.38 bits per heavy atom. The zero-order valence-corrected chi connectivity index (χ0v) is 15.4. The van der Waals surface area contributed by atoms with Gasteiger partial charge in [0.25, 0.3) is 0 Å². The van der Waals surface area contributed by atoms with Gasteiger partial charge in [-0.2, -0.15) is 0 Å². The van der Waals surface area contributed by atoms with Crippen LogP contribution in [0.25, 0.3) is 0 Å². The van der Waals surface area contributed by atoms with Crippen molar-refractivity contribution in [2.24, 2.45) is 0 Å². The Morgan fingerprint density at radius 1 is 0.846 bits per heavy atom. The average Bonchev–Trinajstić information content (AvgIpc) is 2.67. The van der Waals surface area contributed by atoms with Crippen LogP contribution in [0.1, 0.15) is 23.5 Å². The lowest BCUT2D eigenvalue weighted by Crippen LogP contribution is -2.13. The molecule has 140 valence electrons. The SMILES string of the molecule is COc1ccc(CC[C@H](C(=O)O)c2ccc(OC)c(OC)c2)cc1OC. The van der Waals surface area contributed by atoms with E-state index in [0.717, 1.165) is 5.56 Å². The van der Waals surface area contributed by atoms with Crippen LogP contribution in [0, 0.1) is 0 Å². The van der Waals surface area contributed by atoms with Crippen LogP contribution in [0.5, 0.6) is 23.0 Å². The maximum Gasteiger partial charge on any atom is 0.310 e. The molecule has 0 saturated heterocycles. The van der Waals surface area contributed by atoms with Gasteiger partial charge in [-0.05, 0) is 48.2 Å². The fraction of sp³-hybridized carbons (Fsp3) is 0.350. The smallest absolute Gasteiger partial charge is 0.310 e. The van der Waals surface area contributed by atoms with Gasteiger partial charge in [-0.15, -0.1) is 0 Å². The Labute approximate surface area is 153 Å². The third kappa shape index (κ3) is 4.39. The summed E-state index contributed by atoms with van der Waals surface area (Å²) in [7, 11) is 6.23. The molecule has 1 N–H and O–H groups in total. The van der Waals surface area contributed by atoms with Gasteiger partial charge in [0.1, 0.15) is 0 Å². The van der Waals surface area contributed by atoms with Gasteiger partial charge in [0.15, 0.2) is 23.0 Å². The lowest BCUT2D eigenvalue weighted by atomic mass is 9.92. The second kappa shape index (κ2) is 8.99. The van der Waals surface area contributed by atoms with Crippen molar-refractivity contribution in [2.75, 3.05) is 28.4 Å². The Hall–Kier alpha value is -2.89. The van der Waals surface area contributed by atoms with Gasteiger partial charge >= 0.3 is 5.97 Å². The van der Waals surface area contributed by atoms with E-state index in [4.69, 9.17) is 18.9 Å². The molecule has 0 radical (unpaired) electrons. The summed E-state index contributed by atoms with van der Waals surface area (Å²) >= 11 is 0. The first-order valence-electron chi connectivity index (χ1n) is 8.19. The van der Waals surface area contributed by atoms with Crippen molar-refractivity contribution in [2.45, 2.75) is 18.8 Å². The van der Waals surface area contributed by atoms with Crippen molar-refractivity contribution in [3.05, 3.63) is 47.5 Å². The van der Waals surface area contributed by atoms with Crippen molar-refractivity contribution < 1.29 is 28.8 Å². The Balaban J connectivity index is 2.20. The van der Waals surface area contributed by atoms with Crippen molar-refractivity contribution in [1.82, 2.24) is 0 Å². The zero-order chi connectivity index (χ0) is 19.1. The number of carboxylic acids is 1. The van der Waals surface area contributed by atoms with Gasteiger partial charge in [-0.1, -0.05) is 12.1 Å². The van der Waals surface area contributed by atoms with Gasteiger partial charge in [-0.25, -0.2) is 0 Å². The molecule has 2 aromatic rings. The van der Waals surface area contributed by atoms with E-state index < -0.39 is 11.9 Å². The van der Waals surface area contributed by atoms with E-state index >= 15 is 0 Å². The van der Waals surface area contributed by atoms with Crippen LogP contribution in [0.15, 0.2) is 36.4 Å². The monoisotopic (exact) mass is 360 g/mol. The lowest BCUT2D eigenvalue weighted by Gasteiger charge is -2.16. The lowest BCUT2D eigenvalue weighted by molar-refractivity contribution is -0.138. The summed E-state index contributed by atoms with van der Waals surface area (Å²) in [6, 6.07) is 10.8. The summed E-state index contributed by atoms with van der Waals surface area (Å²) in [4.78, 5) is 11.8. The van der Waals surface area contributed by atoms with E-state index in [0.29, 0.717) is 41.4 Å². The first kappa shape index (κ1) is 19.4. The number of methoxy groups -OCH3 is 4. The van der Waals surface area contributed by atoms with E-state index in [-0.39, 0.29) is 0 Å². The summed E-state index contributed by atoms with van der Waals surface area (Å²) in [5.74, 6) is 0.831. The first-order chi connectivity index (χ1) is 12.5. The number of hydrogen-bond donors (Lipinski definition) is 1. The summed E-state index contributed by atoms with van der Waals surface area (Å²) in [5.41, 5.74) is 1.66. The second-order valence-electron chi connectivity index (χ2n) is 5.73. The summed E-state index contributed by atoms with van der Waals surface area (Å²) < 4.78 is 21.0. The van der Waals surface area contributed by atoms with Crippen molar-refractivity contribution in [3.63, 3.8) is 0 Å². The summed E-state index contributed by atoms with van der Waals surface area (Å²) in [5, 5.41) is 9.66. The molecule has 1 atom stereocenters. The third-order valence-corrected chi connectivity index (χ3v) is 4.28. The maximum atomic E-state index is 11.8. The fourth-order valence-electron chi connectivity index (χ4n) is 2.85. The molecule has 0 amide bonds. The number of carboxylic acid groups (broad SMARTS) is 1. The molecule has 26 heavy (non-hydrogen) atoms. The minimum Gasteiger partial charge on any atom is -0.493 e. The molecule has 0 bridgehead atoms. The van der Waals surface area contributed by atoms with E-state index in [1.54, 1.807) is 39.5 Å². The number of rotatable bonds is 9. The normalized spacial score (nSPS) is 11.5. The van der Waals surface area contributed by atoms with Gasteiger partial charge in [0.05, 0.1) is 34.4 Å². The van der Waals surface area contributed by atoms with E-state index in [2.05, 4.69) is 0 Å². The second-order valence-corrected chi connectivity index (χ2v) is 5.73. The maximum absolute atomic E-state index is 11.8. The molecular formula is C20H24O6. The predicted octanol–water partition coefficient (Wildman–Crippen LogP) is 3.52. The van der Waals surface area contributed by atoms with E-state index in [1.165, 1.54) is 7.11 Å². The number of ether oxygens (including phenoxy) is 4. The number of benzene rings is 2. The molecule has 0 aliphatic heterocycles. The van der Waals surface area contributed by atoms with Crippen LogP contribution in [-0.2, 0) is 11.2 Å². The van der Waals surface area contributed by atoms with Crippen molar-refractivity contribution >= 4 is 5.97 Å². The van der Waals surface area contributed by atoms with E-state index in [1.807, 2.05) is 18.2 Å². The predicted molar refractivity (Wildman–Crippen MR) is 97.8 cm³/mol. The zero-order valence-electron chi connectivity index (χ0n) is 15.4. The Kier molecular flexibility index (Phi) is 6.72. The van der Waals surface area contributed by atoms with Gasteiger partial charge in [-0.3, -0.25) is 4.79 Å². The average molecular weight is 360 g/mol. The van der Waals surface area contributed by atoms with E-state index in [9.17, 15) is 9.90 Å². The molecule has 2 aromatic carbocycles. The number of aliphatic carboxylic acids is 1. The minimum absolute atomic E-state index is 0.445. The molecule has 0 heterocycles. The largest absolute Gasteiger partial charge is 0.493 e.